The zero-order chi connectivity index (χ0) is 24.7. The number of para-hydroxylation sites is 1. The Morgan fingerprint density at radius 3 is 2.29 bits per heavy atom. The first-order valence-corrected chi connectivity index (χ1v) is 12.1. The van der Waals surface area contributed by atoms with Crippen LogP contribution in [0.5, 0.6) is 11.5 Å². The lowest BCUT2D eigenvalue weighted by molar-refractivity contribution is -0.119. The number of aryl methyl sites for hydroxylation is 1. The van der Waals surface area contributed by atoms with Crippen LogP contribution in [0.25, 0.3) is 0 Å². The molecule has 3 rings (SSSR count). The summed E-state index contributed by atoms with van der Waals surface area (Å²) in [4.78, 5) is 12.8. The first-order chi connectivity index (χ1) is 16.2. The number of carbonyl (C=O) groups is 1. The van der Waals surface area contributed by atoms with Crippen molar-refractivity contribution in [2.75, 3.05) is 17.5 Å². The molecule has 3 aromatic carbocycles. The lowest BCUT2D eigenvalue weighted by atomic mass is 10.1. The van der Waals surface area contributed by atoms with Crippen LogP contribution in [0.4, 0.5) is 5.69 Å². The Bertz CT molecular complexity index is 1270. The molecular formula is C25H27N3O5S. The highest BCUT2D eigenvalue weighted by molar-refractivity contribution is 7.92. The fraction of sp³-hybridized carbons (Fsp3) is 0.200. The molecule has 0 saturated carbocycles. The van der Waals surface area contributed by atoms with Crippen molar-refractivity contribution in [1.29, 1.82) is 0 Å². The fourth-order valence-electron chi connectivity index (χ4n) is 3.18. The highest BCUT2D eigenvalue weighted by Crippen LogP contribution is 2.25. The van der Waals surface area contributed by atoms with E-state index in [-0.39, 0.29) is 10.6 Å². The first-order valence-electron chi connectivity index (χ1n) is 10.7. The Morgan fingerprint density at radius 2 is 1.68 bits per heavy atom. The third-order valence-electron chi connectivity index (χ3n) is 4.97. The monoisotopic (exact) mass is 481 g/mol. The van der Waals surface area contributed by atoms with E-state index in [0.29, 0.717) is 29.3 Å². The molecule has 9 heteroatoms. The van der Waals surface area contributed by atoms with Crippen molar-refractivity contribution in [1.82, 2.24) is 5.43 Å². The second-order valence-corrected chi connectivity index (χ2v) is 9.36. The van der Waals surface area contributed by atoms with E-state index in [1.807, 2.05) is 13.8 Å². The molecule has 34 heavy (non-hydrogen) atoms. The lowest BCUT2D eigenvalue weighted by Crippen LogP contribution is -2.39. The number of ether oxygens (including phenoxy) is 1. The third kappa shape index (κ3) is 5.93. The van der Waals surface area contributed by atoms with Gasteiger partial charge in [-0.1, -0.05) is 29.8 Å². The summed E-state index contributed by atoms with van der Waals surface area (Å²) in [5.74, 6) is -0.0581. The van der Waals surface area contributed by atoms with Crippen LogP contribution < -0.4 is 14.5 Å². The van der Waals surface area contributed by atoms with Gasteiger partial charge >= 0.3 is 0 Å². The number of benzene rings is 3. The smallest absolute Gasteiger partial charge is 0.264 e. The molecule has 0 heterocycles. The van der Waals surface area contributed by atoms with Gasteiger partial charge in [-0.25, -0.2) is 13.8 Å². The average Bonchev–Trinajstić information content (AvgIpc) is 2.82. The van der Waals surface area contributed by atoms with Crippen LogP contribution in [0.15, 0.2) is 82.8 Å². The number of hydrazone groups is 1. The molecule has 0 aromatic heterocycles. The zero-order valence-electron chi connectivity index (χ0n) is 19.2. The minimum absolute atomic E-state index is 0.0253. The Balaban J connectivity index is 1.87. The molecule has 2 N–H and O–H groups in total. The maximum absolute atomic E-state index is 13.5. The summed E-state index contributed by atoms with van der Waals surface area (Å²) >= 11 is 0. The highest BCUT2D eigenvalue weighted by Gasteiger charge is 2.27. The van der Waals surface area contributed by atoms with Crippen molar-refractivity contribution in [3.63, 3.8) is 0 Å². The summed E-state index contributed by atoms with van der Waals surface area (Å²) in [5.41, 5.74) is 4.51. The summed E-state index contributed by atoms with van der Waals surface area (Å²) in [5, 5.41) is 14.0. The number of aromatic hydroxyl groups is 1. The van der Waals surface area contributed by atoms with Gasteiger partial charge < -0.3 is 9.84 Å². The van der Waals surface area contributed by atoms with Crippen LogP contribution in [0.3, 0.4) is 0 Å². The molecular weight excluding hydrogens is 454 g/mol. The van der Waals surface area contributed by atoms with Gasteiger partial charge in [-0.05, 0) is 69.3 Å². The number of nitrogens with zero attached hydrogens (tertiary/aromatic N) is 2. The fourth-order valence-corrected chi connectivity index (χ4v) is 4.60. The van der Waals surface area contributed by atoms with Crippen molar-refractivity contribution in [3.05, 3.63) is 83.9 Å². The van der Waals surface area contributed by atoms with E-state index in [4.69, 9.17) is 4.74 Å². The van der Waals surface area contributed by atoms with Gasteiger partial charge in [-0.15, -0.1) is 0 Å². The predicted molar refractivity (Wildman–Crippen MR) is 132 cm³/mol. The average molecular weight is 482 g/mol. The van der Waals surface area contributed by atoms with Crippen LogP contribution in [-0.2, 0) is 14.8 Å². The van der Waals surface area contributed by atoms with E-state index in [1.54, 1.807) is 61.5 Å². The van der Waals surface area contributed by atoms with Gasteiger partial charge in [0.25, 0.3) is 15.9 Å². The van der Waals surface area contributed by atoms with Crippen molar-refractivity contribution in [2.24, 2.45) is 5.10 Å². The summed E-state index contributed by atoms with van der Waals surface area (Å²) in [6.45, 7) is 5.33. The number of hydrogen-bond donors (Lipinski definition) is 2. The second kappa shape index (κ2) is 10.8. The molecule has 8 nitrogen and oxygen atoms in total. The Kier molecular flexibility index (Phi) is 7.91. The topological polar surface area (TPSA) is 108 Å². The Hall–Kier alpha value is -3.85. The van der Waals surface area contributed by atoms with Gasteiger partial charge in [0.05, 0.1) is 22.9 Å². The Morgan fingerprint density at radius 1 is 1.03 bits per heavy atom. The second-order valence-electron chi connectivity index (χ2n) is 7.50. The van der Waals surface area contributed by atoms with Gasteiger partial charge in [0, 0.05) is 5.56 Å². The number of nitrogens with one attached hydrogen (secondary N) is 1. The maximum atomic E-state index is 13.5. The number of sulfonamides is 1. The van der Waals surface area contributed by atoms with Crippen LogP contribution in [0.2, 0.25) is 0 Å². The summed E-state index contributed by atoms with van der Waals surface area (Å²) in [6, 6.07) is 19.5. The van der Waals surface area contributed by atoms with E-state index >= 15 is 0 Å². The SMILES string of the molecule is CCOc1ccc(S(=O)(=O)N(CC(=O)NN=C(C)c2ccccc2O)c2ccc(C)cc2)cc1. The quantitative estimate of drug-likeness (QED) is 0.357. The van der Waals surface area contributed by atoms with Crippen LogP contribution in [0, 0.1) is 6.92 Å². The number of carbonyl (C=O) groups excluding carboxylic acids is 1. The van der Waals surface area contributed by atoms with Crippen molar-refractivity contribution in [2.45, 2.75) is 25.7 Å². The molecule has 0 radical (unpaired) electrons. The summed E-state index contributed by atoms with van der Waals surface area (Å²) < 4.78 is 33.3. The van der Waals surface area contributed by atoms with Crippen LogP contribution in [-0.4, -0.2) is 38.3 Å². The number of amides is 1. The maximum Gasteiger partial charge on any atom is 0.264 e. The van der Waals surface area contributed by atoms with E-state index in [1.165, 1.54) is 18.2 Å². The molecule has 3 aromatic rings. The molecule has 0 saturated heterocycles. The molecule has 178 valence electrons. The van der Waals surface area contributed by atoms with E-state index < -0.39 is 22.5 Å². The molecule has 1 amide bonds. The lowest BCUT2D eigenvalue weighted by Gasteiger charge is -2.24. The standard InChI is InChI=1S/C25H27N3O5S/c1-4-33-21-13-15-22(16-14-21)34(31,32)28(20-11-9-18(2)10-12-20)17-25(30)27-26-19(3)23-7-5-6-8-24(23)29/h5-16,29H,4,17H2,1-3H3,(H,27,30). The molecule has 0 aliphatic rings. The normalized spacial score (nSPS) is 11.7. The molecule has 0 bridgehead atoms. The van der Waals surface area contributed by atoms with Crippen LogP contribution >= 0.6 is 0 Å². The van der Waals surface area contributed by atoms with Gasteiger partial charge in [0.15, 0.2) is 0 Å². The number of rotatable bonds is 9. The molecule has 0 unspecified atom stereocenters. The predicted octanol–water partition coefficient (Wildman–Crippen LogP) is 3.84. The van der Waals surface area contributed by atoms with Crippen molar-refractivity contribution < 1.29 is 23.1 Å². The molecule has 0 spiro atoms. The minimum Gasteiger partial charge on any atom is -0.507 e. The van der Waals surface area contributed by atoms with Gasteiger partial charge in [-0.3, -0.25) is 9.10 Å². The van der Waals surface area contributed by atoms with Crippen LogP contribution in [0.1, 0.15) is 25.0 Å². The first kappa shape index (κ1) is 24.8. The molecule has 0 aliphatic carbocycles. The highest BCUT2D eigenvalue weighted by atomic mass is 32.2. The Labute approximate surface area is 199 Å². The zero-order valence-corrected chi connectivity index (χ0v) is 20.0. The molecule has 0 aliphatic heterocycles. The molecule has 0 atom stereocenters. The summed E-state index contributed by atoms with van der Waals surface area (Å²) in [6.07, 6.45) is 0. The van der Waals surface area contributed by atoms with Crippen molar-refractivity contribution in [3.8, 4) is 11.5 Å². The number of phenols is 1. The van der Waals surface area contributed by atoms with E-state index in [2.05, 4.69) is 10.5 Å². The van der Waals surface area contributed by atoms with Gasteiger partial charge in [0.2, 0.25) is 0 Å². The van der Waals surface area contributed by atoms with Gasteiger partial charge in [-0.2, -0.15) is 5.10 Å². The van der Waals surface area contributed by atoms with Gasteiger partial charge in [0.1, 0.15) is 18.0 Å². The van der Waals surface area contributed by atoms with E-state index in [0.717, 1.165) is 9.87 Å². The molecule has 0 fully saturated rings. The number of hydrogen-bond acceptors (Lipinski definition) is 6. The van der Waals surface area contributed by atoms with Crippen molar-refractivity contribution >= 4 is 27.3 Å². The van der Waals surface area contributed by atoms with E-state index in [9.17, 15) is 18.3 Å². The minimum atomic E-state index is -4.06. The largest absolute Gasteiger partial charge is 0.507 e. The summed E-state index contributed by atoms with van der Waals surface area (Å²) in [7, 11) is -4.06. The number of anilines is 1. The number of phenolic OH excluding ortho intramolecular Hbond substituents is 1. The third-order valence-corrected chi connectivity index (χ3v) is 6.76.